The fourth-order valence-electron chi connectivity index (χ4n) is 25.5. The monoisotopic (exact) mass is 1900 g/mol. The largest absolute Gasteiger partial charge is 0.455 e. The molecule has 0 aliphatic heterocycles. The van der Waals surface area contributed by atoms with Crippen molar-refractivity contribution in [2.45, 2.75) is 0 Å². The predicted molar refractivity (Wildman–Crippen MR) is 618 cm³/mol. The molecule has 149 heavy (non-hydrogen) atoms. The van der Waals surface area contributed by atoms with Gasteiger partial charge in [-0.05, 0) is 220 Å². The van der Waals surface area contributed by atoms with Crippen LogP contribution in [0.25, 0.3) is 281 Å². The SMILES string of the molecule is C1=CC2C(c3ccc(-n4c5ccccc5c5c4ccc4c6c7oc8ccccc8c7ccc6n(-c6ccccc6)c45)cc3)=CC=C3c4ccccc4C(=C1)C32.c1ccc(-c2cccc(-n3c4ccccc4c4c3ccc3c5c6oc7ccccc7c6ccc5n(-c5ccccc5)c34)c2)cc1.c1ccc(-c2nc(-n3c4ccccc4c4c3ccc3c5c6oc7ccccc7c6ccc5n(-c5ccccc5)c34)nc3ccccc23)cc1. The highest BCUT2D eigenvalue weighted by Crippen LogP contribution is 2.58. The number of hydrogen-bond acceptors (Lipinski definition) is 5. The molecule has 3 aliphatic rings. The Balaban J connectivity index is 0.0000000994. The van der Waals surface area contributed by atoms with Gasteiger partial charge in [-0.25, -0.2) is 9.97 Å². The van der Waals surface area contributed by atoms with Crippen molar-refractivity contribution in [3.8, 4) is 56.8 Å². The molecule has 0 saturated heterocycles. The first-order valence-electron chi connectivity index (χ1n) is 51.1. The molecule has 3 aliphatic carbocycles. The Morgan fingerprint density at radius 2 is 0.544 bits per heavy atom. The second-order valence-corrected chi connectivity index (χ2v) is 39.5. The maximum Gasteiger partial charge on any atom is 0.235 e. The molecule has 0 fully saturated rings. The Bertz CT molecular complexity index is 11300. The zero-order valence-electron chi connectivity index (χ0n) is 80.3. The van der Waals surface area contributed by atoms with E-state index in [2.05, 4.69) is 495 Å². The number of nitrogens with zero attached hydrogens (tertiary/aromatic N) is 8. The molecule has 2 unspecified atom stereocenters. The lowest BCUT2D eigenvalue weighted by Crippen LogP contribution is -2.18. The molecule has 10 heterocycles. The molecule has 0 saturated carbocycles. The van der Waals surface area contributed by atoms with Crippen LogP contribution in [-0.2, 0) is 0 Å². The lowest BCUT2D eigenvalue weighted by Gasteiger charge is -2.31. The van der Waals surface area contributed by atoms with Gasteiger partial charge in [-0.3, -0.25) is 4.57 Å². The minimum Gasteiger partial charge on any atom is -0.455 e. The van der Waals surface area contributed by atoms with Crippen LogP contribution in [0.3, 0.4) is 0 Å². The van der Waals surface area contributed by atoms with Crippen molar-refractivity contribution >= 4 is 224 Å². The highest BCUT2D eigenvalue weighted by molar-refractivity contribution is 6.35. The molecule has 11 nitrogen and oxygen atoms in total. The Morgan fingerprint density at radius 1 is 0.201 bits per heavy atom. The van der Waals surface area contributed by atoms with E-state index in [4.69, 9.17) is 23.2 Å². The van der Waals surface area contributed by atoms with E-state index < -0.39 is 0 Å². The van der Waals surface area contributed by atoms with Crippen LogP contribution in [0.2, 0.25) is 0 Å². The third-order valence-corrected chi connectivity index (χ3v) is 31.7. The van der Waals surface area contributed by atoms with Crippen LogP contribution in [0.15, 0.2) is 511 Å². The van der Waals surface area contributed by atoms with Gasteiger partial charge < -0.3 is 36.1 Å². The van der Waals surface area contributed by atoms with Crippen molar-refractivity contribution < 1.29 is 13.3 Å². The maximum absolute atomic E-state index is 6.69. The van der Waals surface area contributed by atoms with Gasteiger partial charge in [-0.15, -0.1) is 0 Å². The van der Waals surface area contributed by atoms with Crippen LogP contribution in [-0.4, -0.2) is 37.4 Å². The topological polar surface area (TPSA) is 94.8 Å². The quantitative estimate of drug-likeness (QED) is 0.143. The Labute approximate surface area is 851 Å². The summed E-state index contributed by atoms with van der Waals surface area (Å²) in [4.78, 5) is 10.5. The Kier molecular flexibility index (Phi) is 17.9. The summed E-state index contributed by atoms with van der Waals surface area (Å²) in [6.45, 7) is 0. The van der Waals surface area contributed by atoms with E-state index in [1.165, 1.54) is 110 Å². The van der Waals surface area contributed by atoms with Gasteiger partial charge in [0.1, 0.15) is 33.5 Å². The van der Waals surface area contributed by atoms with Crippen LogP contribution >= 0.6 is 0 Å². The molecule has 0 N–H and O–H groups in total. The number of rotatable bonds is 9. The van der Waals surface area contributed by atoms with Gasteiger partial charge in [0.05, 0.1) is 93.6 Å². The molecule has 0 bridgehead atoms. The summed E-state index contributed by atoms with van der Waals surface area (Å²) in [5.41, 5.74) is 38.5. The highest BCUT2D eigenvalue weighted by Gasteiger charge is 2.41. The van der Waals surface area contributed by atoms with E-state index in [9.17, 15) is 0 Å². The highest BCUT2D eigenvalue weighted by atomic mass is 16.3. The molecule has 0 spiro atoms. The van der Waals surface area contributed by atoms with Crippen LogP contribution in [0.5, 0.6) is 0 Å². The first-order chi connectivity index (χ1) is 74.0. The number of fused-ring (bicyclic) bond motifs is 37. The van der Waals surface area contributed by atoms with Crippen molar-refractivity contribution in [3.05, 3.63) is 514 Å². The van der Waals surface area contributed by atoms with Crippen molar-refractivity contribution in [1.29, 1.82) is 0 Å². The Hall–Kier alpha value is -19.9. The minimum atomic E-state index is 0.317. The first-order valence-corrected chi connectivity index (χ1v) is 51.1. The van der Waals surface area contributed by atoms with E-state index in [1.54, 1.807) is 0 Å². The van der Waals surface area contributed by atoms with Gasteiger partial charge in [0.25, 0.3) is 0 Å². The molecular weight excluding hydrogens is 1820 g/mol. The standard InChI is InChI=1S/C52H32N2O.C44H26N4O.C42H26N2O/c1-2-11-32(12-3-1)54-46-29-27-41-37-15-7-9-20-47(37)55-52(41)50(46)43-28-30-45-49(51(43)54)42-16-6-8-19-44(42)53(45)33-23-21-31(22-24-33)34-25-26-40-36-14-5-4-13-35(36)39-18-10-17-38(34)48(39)40;1-3-13-27(14-4-1)41-31-18-7-10-20-34(31)45-44(46-41)48-35-21-11-8-19-32(35)39-36(48)26-24-33-40-37(47(42(33)39)28-15-5-2-6-16-28)25-23-30-29-17-9-12-22-38(29)49-43(30)40;1-3-12-27(13-4-1)28-14-11-17-30(26-28)43-35-20-9-7-19-33(35)39-36(43)25-23-34-40-37(44(41(34)39)29-15-5-2-6-16-29)24-22-32-31-18-8-10-21-38(31)45-42(32)40/h1-30,38,48H;1-26H;1-26H. The van der Waals surface area contributed by atoms with Gasteiger partial charge in [-0.1, -0.05) is 322 Å². The van der Waals surface area contributed by atoms with E-state index >= 15 is 0 Å². The number of allylic oxidation sites excluding steroid dienone is 8. The molecule has 694 valence electrons. The number of hydrogen-bond donors (Lipinski definition) is 0. The molecule has 11 heteroatoms. The molecule has 0 radical (unpaired) electrons. The second kappa shape index (κ2) is 32.3. The number of aromatic nitrogens is 8. The summed E-state index contributed by atoms with van der Waals surface area (Å²) in [6.07, 6.45) is 11.7. The third kappa shape index (κ3) is 12.2. The minimum absolute atomic E-state index is 0.317. The summed E-state index contributed by atoms with van der Waals surface area (Å²) in [6, 6.07) is 167. The lowest BCUT2D eigenvalue weighted by molar-refractivity contribution is 0.672. The number of benzene rings is 21. The van der Waals surface area contributed by atoms with Gasteiger partial charge in [0.15, 0.2) is 0 Å². The van der Waals surface area contributed by atoms with Crippen LogP contribution in [0, 0.1) is 11.8 Å². The van der Waals surface area contributed by atoms with Gasteiger partial charge in [0.2, 0.25) is 5.95 Å². The van der Waals surface area contributed by atoms with Gasteiger partial charge in [-0.2, -0.15) is 0 Å². The van der Waals surface area contributed by atoms with Gasteiger partial charge >= 0.3 is 0 Å². The zero-order chi connectivity index (χ0) is 97.3. The molecule has 2 atom stereocenters. The van der Waals surface area contributed by atoms with E-state index in [0.29, 0.717) is 17.8 Å². The maximum atomic E-state index is 6.69. The smallest absolute Gasteiger partial charge is 0.235 e. The molecule has 0 amide bonds. The van der Waals surface area contributed by atoms with Crippen molar-refractivity contribution in [2.24, 2.45) is 11.8 Å². The van der Waals surface area contributed by atoms with Crippen LogP contribution in [0.1, 0.15) is 16.7 Å². The summed E-state index contributed by atoms with van der Waals surface area (Å²) >= 11 is 0. The van der Waals surface area contributed by atoms with Crippen molar-refractivity contribution in [2.75, 3.05) is 0 Å². The van der Waals surface area contributed by atoms with Crippen LogP contribution < -0.4 is 0 Å². The third-order valence-electron chi connectivity index (χ3n) is 31.7. The van der Waals surface area contributed by atoms with Crippen LogP contribution in [0.4, 0.5) is 0 Å². The molecular formula is C138H84N8O3. The average Bonchev–Trinajstić information content (AvgIpc) is 1.54. The Morgan fingerprint density at radius 3 is 1.01 bits per heavy atom. The number of furan rings is 3. The molecule has 21 aromatic carbocycles. The predicted octanol–water partition coefficient (Wildman–Crippen LogP) is 36.3. The van der Waals surface area contributed by atoms with Gasteiger partial charge in [0, 0.05) is 132 Å². The number of para-hydroxylation sites is 10. The molecule has 10 aromatic heterocycles. The van der Waals surface area contributed by atoms with E-state index in [0.717, 1.165) is 182 Å². The van der Waals surface area contributed by atoms with E-state index in [-0.39, 0.29) is 0 Å². The van der Waals surface area contributed by atoms with Crippen molar-refractivity contribution in [3.63, 3.8) is 0 Å². The zero-order valence-corrected chi connectivity index (χ0v) is 80.3. The first kappa shape index (κ1) is 82.7. The average molecular weight is 1900 g/mol. The summed E-state index contributed by atoms with van der Waals surface area (Å²) in [7, 11) is 0. The summed E-state index contributed by atoms with van der Waals surface area (Å²) < 4.78 is 34.3. The molecule has 34 rings (SSSR count). The second-order valence-electron chi connectivity index (χ2n) is 39.5. The van der Waals surface area contributed by atoms with Crippen molar-refractivity contribution in [1.82, 2.24) is 37.4 Å². The van der Waals surface area contributed by atoms with E-state index in [1.807, 2.05) is 30.3 Å². The fourth-order valence-corrected chi connectivity index (χ4v) is 25.5. The summed E-state index contributed by atoms with van der Waals surface area (Å²) in [5, 5.41) is 22.0. The lowest BCUT2D eigenvalue weighted by atomic mass is 9.72. The fraction of sp³-hybridized carbons (Fsp3) is 0.0145. The normalized spacial score (nSPS) is 14.0. The molecule has 31 aromatic rings. The summed E-state index contributed by atoms with van der Waals surface area (Å²) in [5.74, 6) is 1.34.